The lowest BCUT2D eigenvalue weighted by Gasteiger charge is -2.23. The summed E-state index contributed by atoms with van der Waals surface area (Å²) in [6.07, 6.45) is 5.48. The van der Waals surface area contributed by atoms with Crippen molar-refractivity contribution >= 4 is 61.9 Å². The number of fused-ring (bicyclic) bond motifs is 6. The lowest BCUT2D eigenvalue weighted by molar-refractivity contribution is 1.21. The van der Waals surface area contributed by atoms with Gasteiger partial charge in [-0.25, -0.2) is 0 Å². The highest BCUT2D eigenvalue weighted by atomic mass is 28.3. The molecule has 0 saturated heterocycles. The Morgan fingerprint density at radius 1 is 0.528 bits per heavy atom. The fourth-order valence-corrected chi connectivity index (χ4v) is 11.9. The zero-order valence-corrected chi connectivity index (χ0v) is 31.7. The molecule has 0 bridgehead atoms. The van der Waals surface area contributed by atoms with E-state index in [1.807, 2.05) is 0 Å². The van der Waals surface area contributed by atoms with E-state index in [2.05, 4.69) is 203 Å². The molecule has 0 saturated carbocycles. The molecule has 0 aliphatic carbocycles. The third kappa shape index (κ3) is 5.69. The Balaban J connectivity index is 1.35. The Kier molecular flexibility index (Phi) is 8.18. The zero-order valence-electron chi connectivity index (χ0n) is 30.7. The fraction of sp³-hybridized carbons (Fsp3) is 0.0769. The lowest BCUT2D eigenvalue weighted by atomic mass is 9.83. The average Bonchev–Trinajstić information content (AvgIpc) is 3.41. The van der Waals surface area contributed by atoms with Crippen molar-refractivity contribution in [1.82, 2.24) is 0 Å². The van der Waals surface area contributed by atoms with Crippen LogP contribution in [-0.4, -0.2) is 8.07 Å². The summed E-state index contributed by atoms with van der Waals surface area (Å²) in [5, 5.41) is 10.8. The minimum Gasteiger partial charge on any atom is -0.0955 e. The highest BCUT2D eigenvalue weighted by Crippen LogP contribution is 2.46. The van der Waals surface area contributed by atoms with Crippen LogP contribution in [0.2, 0.25) is 13.1 Å². The first-order valence-corrected chi connectivity index (χ1v) is 21.7. The molecule has 0 atom stereocenters. The quantitative estimate of drug-likeness (QED) is 0.0885. The molecule has 0 unspecified atom stereocenters. The van der Waals surface area contributed by atoms with E-state index in [0.717, 1.165) is 12.0 Å². The summed E-state index contributed by atoms with van der Waals surface area (Å²) in [4.78, 5) is 0. The molecule has 0 fully saturated rings. The molecule has 254 valence electrons. The molecule has 1 heteroatoms. The van der Waals surface area contributed by atoms with Crippen molar-refractivity contribution in [3.63, 3.8) is 0 Å². The van der Waals surface area contributed by atoms with E-state index in [1.165, 1.54) is 92.8 Å². The van der Waals surface area contributed by atoms with Crippen LogP contribution in [0.5, 0.6) is 0 Å². The first kappa shape index (κ1) is 32.9. The molecule has 0 radical (unpaired) electrons. The van der Waals surface area contributed by atoms with Crippen molar-refractivity contribution in [3.8, 4) is 22.3 Å². The van der Waals surface area contributed by atoms with Gasteiger partial charge in [-0.05, 0) is 112 Å². The molecular formula is C52H42Si. The molecule has 8 aromatic rings. The van der Waals surface area contributed by atoms with Crippen molar-refractivity contribution < 1.29 is 0 Å². The largest absolute Gasteiger partial charge is 0.113 e. The molecule has 0 nitrogen and oxygen atoms in total. The van der Waals surface area contributed by atoms with E-state index in [9.17, 15) is 0 Å². The number of benzene rings is 8. The van der Waals surface area contributed by atoms with Crippen molar-refractivity contribution in [2.45, 2.75) is 26.4 Å². The maximum Gasteiger partial charge on any atom is 0.113 e. The molecule has 1 aliphatic heterocycles. The summed E-state index contributed by atoms with van der Waals surface area (Å²) in [6, 6.07) is 60.3. The van der Waals surface area contributed by atoms with Gasteiger partial charge < -0.3 is 0 Å². The Labute approximate surface area is 314 Å². The molecule has 1 heterocycles. The molecular weight excluding hydrogens is 653 g/mol. The maximum atomic E-state index is 4.54. The zero-order chi connectivity index (χ0) is 36.1. The van der Waals surface area contributed by atoms with E-state index in [1.54, 1.807) is 0 Å². The van der Waals surface area contributed by atoms with Crippen molar-refractivity contribution in [3.05, 3.63) is 205 Å². The summed E-state index contributed by atoms with van der Waals surface area (Å²) in [5.74, 6) is 0. The van der Waals surface area contributed by atoms with Gasteiger partial charge in [0.2, 0.25) is 0 Å². The maximum absolute atomic E-state index is 4.54. The fourth-order valence-electron chi connectivity index (χ4n) is 8.80. The normalized spacial score (nSPS) is 13.7. The van der Waals surface area contributed by atoms with Crippen LogP contribution in [-0.2, 0) is 6.42 Å². The summed E-state index contributed by atoms with van der Waals surface area (Å²) >= 11 is 0. The molecule has 8 aromatic carbocycles. The van der Waals surface area contributed by atoms with Gasteiger partial charge in [-0.15, -0.1) is 0 Å². The van der Waals surface area contributed by atoms with Gasteiger partial charge in [0.15, 0.2) is 0 Å². The van der Waals surface area contributed by atoms with Crippen LogP contribution in [0.1, 0.15) is 23.6 Å². The van der Waals surface area contributed by atoms with Gasteiger partial charge in [0, 0.05) is 0 Å². The predicted molar refractivity (Wildman–Crippen MR) is 234 cm³/mol. The van der Waals surface area contributed by atoms with Gasteiger partial charge >= 0.3 is 0 Å². The number of hydrogen-bond acceptors (Lipinski definition) is 0. The van der Waals surface area contributed by atoms with E-state index in [0.29, 0.717) is 0 Å². The molecule has 0 spiro atoms. The summed E-state index contributed by atoms with van der Waals surface area (Å²) in [6.45, 7) is 11.9. The standard InChI is InChI=1S/C52H42Si/c1-35(30-37-18-7-5-8-19-37)31-40(38-20-9-6-10-21-38)32-36(2)51-44-26-13-14-27-45(44)52(43-28-17-23-39-22-11-12-24-41(39)43)48-34-50-46(33-47(48)51)42-25-15-16-29-49(42)53(50,3)4/h5-29,31-34H,1,30H2,2-4H3. The highest BCUT2D eigenvalue weighted by Gasteiger charge is 2.38. The molecule has 1 aliphatic rings. The van der Waals surface area contributed by atoms with Gasteiger partial charge in [0.05, 0.1) is 0 Å². The molecule has 53 heavy (non-hydrogen) atoms. The molecule has 0 amide bonds. The van der Waals surface area contributed by atoms with Crippen LogP contribution in [0, 0.1) is 0 Å². The van der Waals surface area contributed by atoms with E-state index >= 15 is 0 Å². The smallest absolute Gasteiger partial charge is 0.0955 e. The first-order chi connectivity index (χ1) is 25.9. The number of hydrogen-bond donors (Lipinski definition) is 0. The van der Waals surface area contributed by atoms with Crippen LogP contribution in [0.15, 0.2) is 188 Å². The molecule has 0 N–H and O–H groups in total. The monoisotopic (exact) mass is 694 g/mol. The van der Waals surface area contributed by atoms with Gasteiger partial charge in [-0.3, -0.25) is 0 Å². The Morgan fingerprint density at radius 3 is 1.94 bits per heavy atom. The predicted octanol–water partition coefficient (Wildman–Crippen LogP) is 12.9. The lowest BCUT2D eigenvalue weighted by Crippen LogP contribution is -2.49. The molecule has 9 rings (SSSR count). The van der Waals surface area contributed by atoms with Crippen molar-refractivity contribution in [1.29, 1.82) is 0 Å². The Bertz CT molecular complexity index is 2770. The average molecular weight is 695 g/mol. The number of allylic oxidation sites excluding steroid dienone is 5. The minimum absolute atomic E-state index is 0.806. The second kappa shape index (κ2) is 13.2. The van der Waals surface area contributed by atoms with Gasteiger partial charge in [0.25, 0.3) is 0 Å². The summed E-state index contributed by atoms with van der Waals surface area (Å²) < 4.78 is 0. The first-order valence-electron chi connectivity index (χ1n) is 18.7. The second-order valence-corrected chi connectivity index (χ2v) is 19.4. The van der Waals surface area contributed by atoms with Crippen molar-refractivity contribution in [2.24, 2.45) is 0 Å². The van der Waals surface area contributed by atoms with Crippen molar-refractivity contribution in [2.75, 3.05) is 0 Å². The van der Waals surface area contributed by atoms with Crippen LogP contribution in [0.4, 0.5) is 0 Å². The molecule has 0 aromatic heterocycles. The summed E-state index contributed by atoms with van der Waals surface area (Å²) in [5.41, 5.74) is 12.6. The topological polar surface area (TPSA) is 0 Å². The van der Waals surface area contributed by atoms with E-state index in [-0.39, 0.29) is 0 Å². The minimum atomic E-state index is -1.94. The van der Waals surface area contributed by atoms with Crippen LogP contribution >= 0.6 is 0 Å². The highest BCUT2D eigenvalue weighted by molar-refractivity contribution is 7.04. The summed E-state index contributed by atoms with van der Waals surface area (Å²) in [7, 11) is -1.94. The third-order valence-corrected chi connectivity index (χ3v) is 14.8. The third-order valence-electron chi connectivity index (χ3n) is 11.3. The Hall–Kier alpha value is -6.02. The van der Waals surface area contributed by atoms with E-state index in [4.69, 9.17) is 0 Å². The van der Waals surface area contributed by atoms with Crippen LogP contribution in [0.3, 0.4) is 0 Å². The SMILES string of the molecule is C=C(C=C(C=C(C)c1c2ccccc2c(-c2cccc3ccccc23)c2cc3c(cc12)-c1ccccc1[Si]3(C)C)c1ccccc1)Cc1ccccc1. The van der Waals surface area contributed by atoms with E-state index < -0.39 is 8.07 Å². The van der Waals surface area contributed by atoms with Crippen LogP contribution in [0.25, 0.3) is 65.7 Å². The second-order valence-electron chi connectivity index (χ2n) is 15.0. The van der Waals surface area contributed by atoms with Gasteiger partial charge in [0.1, 0.15) is 8.07 Å². The number of rotatable bonds is 7. The van der Waals surface area contributed by atoms with Gasteiger partial charge in [-0.2, -0.15) is 0 Å². The van der Waals surface area contributed by atoms with Crippen LogP contribution < -0.4 is 10.4 Å². The van der Waals surface area contributed by atoms with Gasteiger partial charge in [-0.1, -0.05) is 195 Å². The Morgan fingerprint density at radius 2 is 1.15 bits per heavy atom.